The van der Waals surface area contributed by atoms with Crippen molar-refractivity contribution in [3.63, 3.8) is 0 Å². The lowest BCUT2D eigenvalue weighted by atomic mass is 9.72. The number of aromatic nitrogens is 2. The molecule has 4 nitrogen and oxygen atoms in total. The molecule has 0 N–H and O–H groups in total. The number of fused-ring (bicyclic) bond motifs is 1. The van der Waals surface area contributed by atoms with Gasteiger partial charge in [-0.1, -0.05) is 19.9 Å². The number of rotatable bonds is 3. The summed E-state index contributed by atoms with van der Waals surface area (Å²) in [4.78, 5) is 0. The molecule has 124 valence electrons. The molecular weight excluding hydrogens is 421 g/mol. The van der Waals surface area contributed by atoms with Crippen molar-refractivity contribution in [3.05, 3.63) is 23.9 Å². The van der Waals surface area contributed by atoms with Gasteiger partial charge in [0.1, 0.15) is 0 Å². The zero-order chi connectivity index (χ0) is 17.0. The summed E-state index contributed by atoms with van der Waals surface area (Å²) in [5, 5.41) is 5.67. The molecule has 7 heteroatoms. The zero-order valence-electron chi connectivity index (χ0n) is 14.5. The van der Waals surface area contributed by atoms with E-state index in [0.717, 1.165) is 16.4 Å². The van der Waals surface area contributed by atoms with E-state index in [1.54, 1.807) is 0 Å². The van der Waals surface area contributed by atoms with E-state index in [0.29, 0.717) is 12.3 Å². The van der Waals surface area contributed by atoms with Crippen LogP contribution < -0.4 is 5.46 Å². The van der Waals surface area contributed by atoms with Crippen molar-refractivity contribution in [3.8, 4) is 0 Å². The Labute approximate surface area is 153 Å². The third kappa shape index (κ3) is 2.86. The number of hydrogen-bond donors (Lipinski definition) is 0. The largest absolute Gasteiger partial charge is 0.495 e. The molecule has 0 saturated carbocycles. The summed E-state index contributed by atoms with van der Waals surface area (Å²) >= 11 is 2.36. The maximum Gasteiger partial charge on any atom is 0.495 e. The first-order valence-corrected chi connectivity index (χ1v) is 12.0. The first-order valence-electron chi connectivity index (χ1n) is 7.91. The molecule has 0 aliphatic carbocycles. The fourth-order valence-corrected chi connectivity index (χ4v) is 4.48. The lowest BCUT2D eigenvalue weighted by Crippen LogP contribution is -2.41. The average Bonchev–Trinajstić information content (AvgIpc) is 2.95. The molecule has 3 rings (SSSR count). The fourth-order valence-electron chi connectivity index (χ4n) is 2.93. The first kappa shape index (κ1) is 17.7. The molecule has 0 bridgehead atoms. The van der Waals surface area contributed by atoms with Crippen LogP contribution in [0.25, 0.3) is 10.9 Å². The highest BCUT2D eigenvalue weighted by Crippen LogP contribution is 2.38. The fraction of sp³-hybridized carbons (Fsp3) is 0.562. The van der Waals surface area contributed by atoms with E-state index in [1.807, 2.05) is 10.6 Å². The van der Waals surface area contributed by atoms with Crippen LogP contribution in [0.4, 0.5) is 0 Å². The van der Waals surface area contributed by atoms with E-state index in [9.17, 15) is 0 Å². The Morgan fingerprint density at radius 2 is 1.78 bits per heavy atom. The van der Waals surface area contributed by atoms with Crippen molar-refractivity contribution in [1.29, 1.82) is 0 Å². The van der Waals surface area contributed by atoms with Crippen molar-refractivity contribution in [2.75, 3.05) is 0 Å². The van der Waals surface area contributed by atoms with Crippen LogP contribution >= 0.6 is 28.4 Å². The van der Waals surface area contributed by atoms with Crippen molar-refractivity contribution in [2.45, 2.75) is 58.7 Å². The maximum absolute atomic E-state index is 6.33. The summed E-state index contributed by atoms with van der Waals surface area (Å²) in [6.07, 6.45) is 2.53. The Bertz CT molecular complexity index is 729. The van der Waals surface area contributed by atoms with Gasteiger partial charge in [-0.25, -0.2) is 4.45 Å². The van der Waals surface area contributed by atoms with Gasteiger partial charge in [0.05, 0.1) is 29.3 Å². The maximum atomic E-state index is 6.33. The summed E-state index contributed by atoms with van der Waals surface area (Å²) in [5.74, 6) is 0.402. The lowest BCUT2D eigenvalue weighted by molar-refractivity contribution is 0.00578. The minimum atomic E-state index is -0.351. The van der Waals surface area contributed by atoms with Crippen molar-refractivity contribution >= 4 is 51.9 Å². The molecule has 0 spiro atoms. The van der Waals surface area contributed by atoms with Gasteiger partial charge >= 0.3 is 7.12 Å². The zero-order valence-corrected chi connectivity index (χ0v) is 17.6. The molecule has 1 aromatic carbocycles. The van der Waals surface area contributed by atoms with Crippen LogP contribution in [0.1, 0.15) is 53.0 Å². The number of halogens is 1. The minimum absolute atomic E-state index is 0.338. The molecule has 2 heterocycles. The Morgan fingerprint density at radius 1 is 1.17 bits per heavy atom. The van der Waals surface area contributed by atoms with Gasteiger partial charge < -0.3 is 9.31 Å². The number of nitrogens with zero attached hydrogens (tertiary/aromatic N) is 2. The van der Waals surface area contributed by atoms with E-state index in [-0.39, 0.29) is 18.3 Å². The second kappa shape index (κ2) is 5.97. The van der Waals surface area contributed by atoms with Crippen LogP contribution in [0.3, 0.4) is 0 Å². The molecule has 2 aromatic rings. The molecule has 1 unspecified atom stereocenters. The van der Waals surface area contributed by atoms with Crippen LogP contribution in [-0.4, -0.2) is 27.9 Å². The average molecular weight is 444 g/mol. The summed E-state index contributed by atoms with van der Waals surface area (Å²) in [6.45, 7) is 12.8. The van der Waals surface area contributed by atoms with Gasteiger partial charge in [-0.15, -0.1) is 0 Å². The topological polar surface area (TPSA) is 36.3 Å². The first-order chi connectivity index (χ1) is 10.7. The molecule has 1 fully saturated rings. The summed E-state index contributed by atoms with van der Waals surface area (Å²) in [7, 11) is -0.351. The van der Waals surface area contributed by atoms with Crippen LogP contribution in [0.15, 0.2) is 18.3 Å². The minimum Gasteiger partial charge on any atom is -0.399 e. The van der Waals surface area contributed by atoms with Crippen molar-refractivity contribution in [1.82, 2.24) is 9.55 Å². The number of benzene rings is 1. The SMILES string of the molecule is CC(C)c1ccc2c(cnn2PI)c1B1OC(C)(C)C(C)(C)O1. The highest BCUT2D eigenvalue weighted by atomic mass is 127. The Morgan fingerprint density at radius 3 is 2.30 bits per heavy atom. The van der Waals surface area contributed by atoms with Gasteiger partial charge in [-0.2, -0.15) is 5.10 Å². The molecule has 1 saturated heterocycles. The Hall–Kier alpha value is -0.165. The van der Waals surface area contributed by atoms with Crippen LogP contribution in [-0.2, 0) is 9.31 Å². The highest BCUT2D eigenvalue weighted by molar-refractivity contribution is 14.2. The second-order valence-corrected chi connectivity index (χ2v) is 9.43. The quantitative estimate of drug-likeness (QED) is 0.404. The summed E-state index contributed by atoms with van der Waals surface area (Å²) in [5.41, 5.74) is 2.88. The molecule has 1 aromatic heterocycles. The lowest BCUT2D eigenvalue weighted by Gasteiger charge is -2.32. The summed E-state index contributed by atoms with van der Waals surface area (Å²) < 4.78 is 14.7. The second-order valence-electron chi connectivity index (χ2n) is 7.39. The van der Waals surface area contributed by atoms with E-state index in [4.69, 9.17) is 9.31 Å². The van der Waals surface area contributed by atoms with Crippen molar-refractivity contribution in [2.24, 2.45) is 0 Å². The van der Waals surface area contributed by atoms with Crippen LogP contribution in [0.2, 0.25) is 0 Å². The molecule has 1 atom stereocenters. The normalized spacial score (nSPS) is 20.4. The van der Waals surface area contributed by atoms with E-state index in [2.05, 4.69) is 80.8 Å². The molecule has 23 heavy (non-hydrogen) atoms. The van der Waals surface area contributed by atoms with Gasteiger partial charge in [0.25, 0.3) is 0 Å². The number of hydrogen-bond acceptors (Lipinski definition) is 3. The third-order valence-corrected chi connectivity index (χ3v) is 6.91. The highest BCUT2D eigenvalue weighted by Gasteiger charge is 2.52. The van der Waals surface area contributed by atoms with Gasteiger partial charge in [0.15, 0.2) is 0 Å². The van der Waals surface area contributed by atoms with Crippen LogP contribution in [0.5, 0.6) is 0 Å². The predicted octanol–water partition coefficient (Wildman–Crippen LogP) is 4.25. The molecule has 1 aliphatic rings. The van der Waals surface area contributed by atoms with E-state index >= 15 is 0 Å². The summed E-state index contributed by atoms with van der Waals surface area (Å²) in [6, 6.07) is 4.36. The smallest absolute Gasteiger partial charge is 0.399 e. The van der Waals surface area contributed by atoms with Crippen LogP contribution in [0, 0.1) is 0 Å². The van der Waals surface area contributed by atoms with Gasteiger partial charge in [0.2, 0.25) is 0 Å². The van der Waals surface area contributed by atoms with Gasteiger partial charge in [-0.3, -0.25) is 0 Å². The molecule has 0 radical (unpaired) electrons. The standard InChI is InChI=1S/C16H23BIN2O2P/c1-10(2)11-7-8-13-12(9-19-20(13)23-18)14(11)17-21-15(3,4)16(5,6)22-17/h7-10,23H,1-6H3. The molecule has 0 amide bonds. The Kier molecular flexibility index (Phi) is 4.58. The monoisotopic (exact) mass is 444 g/mol. The molecule has 1 aliphatic heterocycles. The predicted molar refractivity (Wildman–Crippen MR) is 107 cm³/mol. The van der Waals surface area contributed by atoms with E-state index in [1.165, 1.54) is 5.56 Å². The van der Waals surface area contributed by atoms with Crippen molar-refractivity contribution < 1.29 is 9.31 Å². The van der Waals surface area contributed by atoms with Gasteiger partial charge in [-0.05, 0) is 72.7 Å². The van der Waals surface area contributed by atoms with E-state index < -0.39 is 0 Å². The van der Waals surface area contributed by atoms with Gasteiger partial charge in [0, 0.05) is 5.39 Å². The Balaban J connectivity index is 2.19. The molecular formula is C16H23BIN2O2P. The third-order valence-electron chi connectivity index (χ3n) is 5.02.